The molecule has 0 bridgehead atoms. The van der Waals surface area contributed by atoms with Gasteiger partial charge < -0.3 is 72.5 Å². The Labute approximate surface area is 589 Å². The van der Waals surface area contributed by atoms with Crippen molar-refractivity contribution in [1.29, 1.82) is 0 Å². The fraction of sp³-hybridized carbons (Fsp3) is 0.476. The van der Waals surface area contributed by atoms with E-state index in [9.17, 15) is 9.90 Å². The first kappa shape index (κ1) is 73.8. The quantitative estimate of drug-likeness (QED) is 0.0456. The molecule has 10 heteroatoms. The average Bonchev–Trinajstić information content (AvgIpc) is 1.64. The lowest BCUT2D eigenvalue weighted by Crippen LogP contribution is -3.00. The Balaban J connectivity index is 0.000000256. The normalized spacial score (nSPS) is 20.1. The van der Waals surface area contributed by atoms with Gasteiger partial charge in [0.15, 0.2) is 11.4 Å². The predicted molar refractivity (Wildman–Crippen MR) is 380 cm³/mol. The second kappa shape index (κ2) is 32.7. The molecule has 0 saturated carbocycles. The molecule has 4 aromatic carbocycles. The summed E-state index contributed by atoms with van der Waals surface area (Å²) in [4.78, 5) is 18.6. The highest BCUT2D eigenvalue weighted by atomic mass is 127. The van der Waals surface area contributed by atoms with Gasteiger partial charge in [-0.2, -0.15) is 9.15 Å². The number of carbonyl (C=O) groups is 1. The maximum Gasteiger partial charge on any atom is 0.219 e. The topological polar surface area (TPSA) is 62.3 Å². The Morgan fingerprint density at radius 3 is 1.47 bits per heavy atom. The number of fused-ring (bicyclic) bond motifs is 4. The zero-order valence-electron chi connectivity index (χ0n) is 58.5. The van der Waals surface area contributed by atoms with Crippen molar-refractivity contribution in [3.05, 3.63) is 213 Å². The van der Waals surface area contributed by atoms with Crippen LogP contribution in [-0.2, 0) is 31.2 Å². The number of aliphatic hydroxyl groups is 1. The van der Waals surface area contributed by atoms with Crippen molar-refractivity contribution in [3.63, 3.8) is 0 Å². The summed E-state index contributed by atoms with van der Waals surface area (Å²) in [6.07, 6.45) is 33.7. The second-order valence-corrected chi connectivity index (χ2v) is 28.0. The molecule has 494 valence electrons. The zero-order valence-corrected chi connectivity index (χ0v) is 62.8. The van der Waals surface area contributed by atoms with E-state index in [-0.39, 0.29) is 82.1 Å². The van der Waals surface area contributed by atoms with Crippen LogP contribution in [0.4, 0.5) is 22.7 Å². The molecule has 0 spiro atoms. The second-order valence-electron chi connectivity index (χ2n) is 28.0. The third kappa shape index (κ3) is 15.5. The molecule has 0 unspecified atom stereocenters. The zero-order chi connectivity index (χ0) is 64.4. The van der Waals surface area contributed by atoms with Crippen LogP contribution in [0.5, 0.6) is 0 Å². The first-order valence-corrected chi connectivity index (χ1v) is 34.6. The summed E-state index contributed by atoms with van der Waals surface area (Å²) in [6.45, 7) is 35.2. The fourth-order valence-electron chi connectivity index (χ4n) is 15.3. The highest BCUT2D eigenvalue weighted by Crippen LogP contribution is 2.50. The lowest BCUT2D eigenvalue weighted by Gasteiger charge is -2.27. The molecule has 0 aromatic heterocycles. The number of anilines is 2. The van der Waals surface area contributed by atoms with Gasteiger partial charge in [-0.15, -0.1) is 0 Å². The number of rotatable bonds is 23. The van der Waals surface area contributed by atoms with E-state index in [1.54, 1.807) is 11.8 Å². The van der Waals surface area contributed by atoms with Crippen molar-refractivity contribution in [2.24, 2.45) is 0 Å². The number of amides is 1. The molecule has 8 nitrogen and oxygen atoms in total. The number of hydrogen-bond donors (Lipinski definition) is 1. The van der Waals surface area contributed by atoms with Crippen LogP contribution in [0.3, 0.4) is 0 Å². The molecular weight excluding hydrogens is 1360 g/mol. The van der Waals surface area contributed by atoms with Crippen molar-refractivity contribution in [2.45, 2.75) is 202 Å². The number of ether oxygens (including phenoxy) is 1. The Morgan fingerprint density at radius 1 is 0.543 bits per heavy atom. The number of para-hydroxylation sites is 4. The number of hydrogen-bond acceptors (Lipinski definition) is 5. The van der Waals surface area contributed by atoms with Gasteiger partial charge in [0, 0.05) is 122 Å². The van der Waals surface area contributed by atoms with Crippen LogP contribution >= 0.6 is 0 Å². The highest BCUT2D eigenvalue weighted by molar-refractivity contribution is 6.04. The standard InChI is InChI=1S/C42H56N3O2.C40H53N2O.2HI/c1-9-27-44-36-21-13-11-19-34(36)41(4,5)38(44)25-23-32-17-15-18-33(40(32)47-30-16-29-43(8)31(3)46)24-26-39-42(6,7)35-20-12-14-22-37(35)45(39)28-10-2;1-7-27-41-35-21-11-9-19-33(35)39(3,4)37(41)25-23-30-16-15-17-31(32(30)18-13-14-29-43)24-26-38-40(5,6)34-20-10-12-22-36(34)42(38)28-8-2;;/h11-14,19-26H,9-10,15-18,27-30H2,1-8H3;9-12,19-26,43H,7-8,13-18,27-29H2,1-6H3;2*1H/q2*+1;;/p-2. The number of aliphatic hydroxyl groups excluding tert-OH is 1. The highest BCUT2D eigenvalue weighted by Gasteiger charge is 2.46. The molecule has 0 atom stereocenters. The van der Waals surface area contributed by atoms with Gasteiger partial charge >= 0.3 is 0 Å². The van der Waals surface area contributed by atoms with Crippen LogP contribution in [0.25, 0.3) is 0 Å². The van der Waals surface area contributed by atoms with E-state index >= 15 is 0 Å². The molecule has 4 heterocycles. The number of nitrogens with zero attached hydrogens (tertiary/aromatic N) is 5. The molecule has 4 aromatic rings. The summed E-state index contributed by atoms with van der Waals surface area (Å²) in [5.74, 6) is 1.10. The number of carbonyl (C=O) groups excluding carboxylic acids is 1. The maximum atomic E-state index is 11.8. The van der Waals surface area contributed by atoms with Crippen molar-refractivity contribution in [2.75, 3.05) is 62.8 Å². The van der Waals surface area contributed by atoms with Gasteiger partial charge in [-0.1, -0.05) is 146 Å². The molecule has 1 amide bonds. The predicted octanol–water partition coefficient (Wildman–Crippen LogP) is 13.1. The molecular formula is C82H109I2N5O3. The Morgan fingerprint density at radius 2 is 0.989 bits per heavy atom. The third-order valence-electron chi connectivity index (χ3n) is 20.2. The molecule has 10 rings (SSSR count). The Kier molecular flexibility index (Phi) is 26.3. The number of unbranched alkanes of at least 4 members (excludes halogenated alkanes) is 1. The Bertz CT molecular complexity index is 3600. The van der Waals surface area contributed by atoms with E-state index in [0.717, 1.165) is 115 Å². The van der Waals surface area contributed by atoms with E-state index in [0.29, 0.717) is 13.2 Å². The summed E-state index contributed by atoms with van der Waals surface area (Å²) in [5, 5.41) is 9.60. The first-order valence-electron chi connectivity index (χ1n) is 34.6. The number of halogens is 2. The van der Waals surface area contributed by atoms with Crippen molar-refractivity contribution >= 4 is 40.1 Å². The maximum absolute atomic E-state index is 11.8. The molecule has 92 heavy (non-hydrogen) atoms. The van der Waals surface area contributed by atoms with Crippen LogP contribution < -0.4 is 57.8 Å². The van der Waals surface area contributed by atoms with Gasteiger partial charge in [-0.25, -0.2) is 0 Å². The van der Waals surface area contributed by atoms with Gasteiger partial charge in [0.2, 0.25) is 17.3 Å². The summed E-state index contributed by atoms with van der Waals surface area (Å²) in [6, 6.07) is 35.6. The molecule has 0 fully saturated rings. The SMILES string of the molecule is CCCN1/C(=C/C=C2\CCCC(/C=C/C3=[N+](CCC)c4ccccc4C3(C)C)=C2CCCCO)C(C)(C)c2ccccc21.CCCN1/C(=C/C=C2\CCCC(/C=C/C3=[N+](CCC)c4ccccc4C3(C)C)=C2OCCCN(C)C(C)=O)C(C)(C)c2ccccc21.[I-].[I-]. The van der Waals surface area contributed by atoms with Gasteiger partial charge in [0.05, 0.1) is 17.4 Å². The first-order chi connectivity index (χ1) is 43.3. The van der Waals surface area contributed by atoms with E-state index < -0.39 is 0 Å². The van der Waals surface area contributed by atoms with Crippen molar-refractivity contribution < 1.29 is 71.7 Å². The lowest BCUT2D eigenvalue weighted by molar-refractivity contribution is -0.437. The summed E-state index contributed by atoms with van der Waals surface area (Å²) in [5.41, 5.74) is 23.2. The number of benzene rings is 4. The van der Waals surface area contributed by atoms with Crippen LogP contribution in [-0.4, -0.2) is 89.5 Å². The van der Waals surface area contributed by atoms with Crippen LogP contribution in [0.1, 0.15) is 202 Å². The lowest BCUT2D eigenvalue weighted by atomic mass is 9.80. The molecule has 0 radical (unpaired) electrons. The van der Waals surface area contributed by atoms with Crippen LogP contribution in [0.2, 0.25) is 0 Å². The fourth-order valence-corrected chi connectivity index (χ4v) is 15.3. The van der Waals surface area contributed by atoms with E-state index in [4.69, 9.17) is 4.74 Å². The molecule has 6 aliphatic rings. The molecule has 1 N–H and O–H groups in total. The number of allylic oxidation sites excluding steroid dienone is 15. The van der Waals surface area contributed by atoms with Gasteiger partial charge in [-0.05, 0) is 174 Å². The van der Waals surface area contributed by atoms with Crippen molar-refractivity contribution in [1.82, 2.24) is 4.90 Å². The minimum absolute atomic E-state index is 0. The van der Waals surface area contributed by atoms with Crippen LogP contribution in [0.15, 0.2) is 191 Å². The summed E-state index contributed by atoms with van der Waals surface area (Å²) >= 11 is 0. The summed E-state index contributed by atoms with van der Waals surface area (Å²) in [7, 11) is 1.86. The largest absolute Gasteiger partial charge is 1.00 e. The molecule has 4 aliphatic heterocycles. The smallest absolute Gasteiger partial charge is 0.219 e. The van der Waals surface area contributed by atoms with Crippen LogP contribution in [0, 0.1) is 0 Å². The Hall–Kier alpha value is -5.57. The van der Waals surface area contributed by atoms with Crippen molar-refractivity contribution in [3.8, 4) is 0 Å². The van der Waals surface area contributed by atoms with Gasteiger partial charge in [0.25, 0.3) is 0 Å². The average molecular weight is 1470 g/mol. The molecule has 0 saturated heterocycles. The van der Waals surface area contributed by atoms with E-state index in [1.807, 2.05) is 7.05 Å². The minimum atomic E-state index is -0.0787. The minimum Gasteiger partial charge on any atom is -1.00 e. The van der Waals surface area contributed by atoms with Gasteiger partial charge in [-0.3, -0.25) is 4.79 Å². The van der Waals surface area contributed by atoms with E-state index in [2.05, 4.69) is 248 Å². The molecule has 2 aliphatic carbocycles. The summed E-state index contributed by atoms with van der Waals surface area (Å²) < 4.78 is 11.8. The van der Waals surface area contributed by atoms with E-state index in [1.165, 1.54) is 102 Å². The third-order valence-corrected chi connectivity index (χ3v) is 20.2. The monoisotopic (exact) mass is 1470 g/mol. The van der Waals surface area contributed by atoms with Gasteiger partial charge in [0.1, 0.15) is 18.8 Å².